The average Bonchev–Trinajstić information content (AvgIpc) is 3.20. The number of esters is 2. The first-order valence-electron chi connectivity index (χ1n) is 23.6. The van der Waals surface area contributed by atoms with Crippen LogP contribution in [0.15, 0.2) is 36.4 Å². The van der Waals surface area contributed by atoms with E-state index in [0.717, 1.165) is 38.5 Å². The molecule has 0 fully saturated rings. The molecule has 0 atom stereocenters. The summed E-state index contributed by atoms with van der Waals surface area (Å²) in [5, 5.41) is 0. The van der Waals surface area contributed by atoms with Gasteiger partial charge in [-0.3, -0.25) is 0 Å². The summed E-state index contributed by atoms with van der Waals surface area (Å²) in [5.41, 5.74) is 15.0. The number of unbranched alkanes of at least 4 members (excludes halogenated alkanes) is 30. The van der Waals surface area contributed by atoms with Gasteiger partial charge in [0.15, 0.2) is 0 Å². The minimum Gasteiger partial charge on any atom is -0.462 e. The molecule has 0 spiro atoms. The standard InChI is InChI=1S/C50H84N2O4/c1-3-5-7-9-11-13-15-17-19-21-23-25-27-29-31-33-39-55-49(53)47-41-43(51)35-37-45(47)46-38-36-44(52)42-48(46)50(54)56-40-34-32-30-28-26-24-22-20-18-16-14-12-10-8-6-4-2/h35-38,41-42H,3-34,39-40,51-52H2,1-2H3. The fourth-order valence-electron chi connectivity index (χ4n) is 7.72. The van der Waals surface area contributed by atoms with Crippen molar-refractivity contribution < 1.29 is 19.1 Å². The molecule has 318 valence electrons. The monoisotopic (exact) mass is 777 g/mol. The maximum absolute atomic E-state index is 13.3. The molecule has 0 aliphatic carbocycles. The fourth-order valence-corrected chi connectivity index (χ4v) is 7.72. The van der Waals surface area contributed by atoms with Crippen LogP contribution in [0.5, 0.6) is 0 Å². The molecule has 0 radical (unpaired) electrons. The van der Waals surface area contributed by atoms with Crippen LogP contribution in [-0.2, 0) is 9.47 Å². The van der Waals surface area contributed by atoms with Gasteiger partial charge in [0.1, 0.15) is 0 Å². The number of ether oxygens (including phenoxy) is 2. The third-order valence-electron chi connectivity index (χ3n) is 11.3. The third kappa shape index (κ3) is 23.9. The lowest BCUT2D eigenvalue weighted by molar-refractivity contribution is 0.0486. The normalized spacial score (nSPS) is 11.2. The Morgan fingerprint density at radius 3 is 0.857 bits per heavy atom. The van der Waals surface area contributed by atoms with Crippen LogP contribution in [0.3, 0.4) is 0 Å². The smallest absolute Gasteiger partial charge is 0.338 e. The van der Waals surface area contributed by atoms with E-state index in [4.69, 9.17) is 20.9 Å². The van der Waals surface area contributed by atoms with Gasteiger partial charge in [-0.2, -0.15) is 0 Å². The molecule has 0 aromatic heterocycles. The molecule has 0 saturated carbocycles. The van der Waals surface area contributed by atoms with E-state index in [9.17, 15) is 9.59 Å². The Bertz CT molecular complexity index is 1180. The van der Waals surface area contributed by atoms with Crippen LogP contribution >= 0.6 is 0 Å². The molecule has 2 aromatic rings. The molecule has 6 heteroatoms. The Morgan fingerprint density at radius 2 is 0.607 bits per heavy atom. The molecule has 0 unspecified atom stereocenters. The Morgan fingerprint density at radius 1 is 0.375 bits per heavy atom. The number of benzene rings is 2. The highest BCUT2D eigenvalue weighted by Gasteiger charge is 2.21. The SMILES string of the molecule is CCCCCCCCCCCCCCCCCCOC(=O)c1cc(N)ccc1-c1ccc(N)cc1C(=O)OCCCCCCCCCCCCCCCCCC. The molecule has 0 aliphatic heterocycles. The van der Waals surface area contributed by atoms with Gasteiger partial charge in [0, 0.05) is 11.4 Å². The van der Waals surface area contributed by atoms with Crippen LogP contribution < -0.4 is 11.5 Å². The first kappa shape index (κ1) is 49.1. The van der Waals surface area contributed by atoms with Gasteiger partial charge in [-0.05, 0) is 48.2 Å². The Hall–Kier alpha value is -3.02. The Kier molecular flexibility index (Phi) is 29.9. The van der Waals surface area contributed by atoms with Crippen molar-refractivity contribution in [3.8, 4) is 11.1 Å². The van der Waals surface area contributed by atoms with Crippen LogP contribution in [0.4, 0.5) is 11.4 Å². The second kappa shape index (κ2) is 34.1. The van der Waals surface area contributed by atoms with Crippen molar-refractivity contribution in [1.82, 2.24) is 0 Å². The van der Waals surface area contributed by atoms with E-state index in [-0.39, 0.29) is 0 Å². The van der Waals surface area contributed by atoms with E-state index in [1.54, 1.807) is 36.4 Å². The van der Waals surface area contributed by atoms with Gasteiger partial charge < -0.3 is 20.9 Å². The zero-order chi connectivity index (χ0) is 40.3. The summed E-state index contributed by atoms with van der Waals surface area (Å²) >= 11 is 0. The highest BCUT2D eigenvalue weighted by molar-refractivity contribution is 6.04. The summed E-state index contributed by atoms with van der Waals surface area (Å²) in [4.78, 5) is 26.7. The van der Waals surface area contributed by atoms with Crippen LogP contribution in [-0.4, -0.2) is 25.2 Å². The van der Waals surface area contributed by atoms with Crippen LogP contribution in [0.1, 0.15) is 240 Å². The zero-order valence-electron chi connectivity index (χ0n) is 36.3. The highest BCUT2D eigenvalue weighted by Crippen LogP contribution is 2.31. The molecule has 0 bridgehead atoms. The van der Waals surface area contributed by atoms with Gasteiger partial charge in [-0.25, -0.2) is 9.59 Å². The number of nitrogen functional groups attached to an aromatic ring is 2. The molecule has 2 rings (SSSR count). The molecule has 56 heavy (non-hydrogen) atoms. The number of rotatable bonds is 37. The second-order valence-corrected chi connectivity index (χ2v) is 16.5. The lowest BCUT2D eigenvalue weighted by Gasteiger charge is -2.15. The van der Waals surface area contributed by atoms with Crippen LogP contribution in [0, 0.1) is 0 Å². The molecular formula is C50H84N2O4. The van der Waals surface area contributed by atoms with E-state index < -0.39 is 11.9 Å². The van der Waals surface area contributed by atoms with Crippen molar-refractivity contribution in [2.45, 2.75) is 219 Å². The van der Waals surface area contributed by atoms with Gasteiger partial charge in [0.2, 0.25) is 0 Å². The predicted octanol–water partition coefficient (Wildman–Crippen LogP) is 15.4. The van der Waals surface area contributed by atoms with Crippen LogP contribution in [0.25, 0.3) is 11.1 Å². The molecule has 0 amide bonds. The zero-order valence-corrected chi connectivity index (χ0v) is 36.3. The number of hydrogen-bond donors (Lipinski definition) is 2. The van der Waals surface area contributed by atoms with Gasteiger partial charge in [-0.15, -0.1) is 0 Å². The summed E-state index contributed by atoms with van der Waals surface area (Å²) in [5.74, 6) is -0.866. The molecule has 0 aliphatic rings. The highest BCUT2D eigenvalue weighted by atomic mass is 16.5. The number of hydrogen-bond acceptors (Lipinski definition) is 6. The van der Waals surface area contributed by atoms with Gasteiger partial charge in [-0.1, -0.05) is 219 Å². The molecular weight excluding hydrogens is 693 g/mol. The summed E-state index contributed by atoms with van der Waals surface area (Å²) < 4.78 is 11.4. The van der Waals surface area contributed by atoms with Crippen molar-refractivity contribution in [1.29, 1.82) is 0 Å². The van der Waals surface area contributed by atoms with Crippen molar-refractivity contribution in [2.75, 3.05) is 24.7 Å². The number of carbonyl (C=O) groups excluding carboxylic acids is 2. The third-order valence-corrected chi connectivity index (χ3v) is 11.3. The number of nitrogens with two attached hydrogens (primary N) is 2. The van der Waals surface area contributed by atoms with Crippen molar-refractivity contribution in [3.05, 3.63) is 47.5 Å². The Labute approximate surface area is 344 Å². The van der Waals surface area contributed by atoms with Gasteiger partial charge in [0.05, 0.1) is 24.3 Å². The van der Waals surface area contributed by atoms with E-state index in [0.29, 0.717) is 46.8 Å². The number of carbonyl (C=O) groups is 2. The lowest BCUT2D eigenvalue weighted by atomic mass is 9.94. The summed E-state index contributed by atoms with van der Waals surface area (Å²) in [6.45, 7) is 5.28. The van der Waals surface area contributed by atoms with Gasteiger partial charge >= 0.3 is 11.9 Å². The Balaban J connectivity index is 1.64. The first-order valence-corrected chi connectivity index (χ1v) is 23.6. The van der Waals surface area contributed by atoms with E-state index in [2.05, 4.69) is 13.8 Å². The second-order valence-electron chi connectivity index (χ2n) is 16.5. The molecule has 0 heterocycles. The molecule has 0 saturated heterocycles. The molecule has 6 nitrogen and oxygen atoms in total. The minimum atomic E-state index is -0.433. The van der Waals surface area contributed by atoms with Crippen LogP contribution in [0.2, 0.25) is 0 Å². The van der Waals surface area contributed by atoms with E-state index in [1.165, 1.54) is 167 Å². The summed E-state index contributed by atoms with van der Waals surface area (Å²) in [6, 6.07) is 10.3. The topological polar surface area (TPSA) is 105 Å². The van der Waals surface area contributed by atoms with E-state index in [1.807, 2.05) is 0 Å². The quantitative estimate of drug-likeness (QED) is 0.0402. The van der Waals surface area contributed by atoms with Crippen molar-refractivity contribution in [2.24, 2.45) is 0 Å². The summed E-state index contributed by atoms with van der Waals surface area (Å²) in [7, 11) is 0. The van der Waals surface area contributed by atoms with Crippen molar-refractivity contribution >= 4 is 23.3 Å². The molecule has 2 aromatic carbocycles. The minimum absolute atomic E-state index is 0.345. The predicted molar refractivity (Wildman–Crippen MR) is 240 cm³/mol. The summed E-state index contributed by atoms with van der Waals surface area (Å²) in [6.07, 6.45) is 41.5. The lowest BCUT2D eigenvalue weighted by Crippen LogP contribution is -2.12. The van der Waals surface area contributed by atoms with Gasteiger partial charge in [0.25, 0.3) is 0 Å². The van der Waals surface area contributed by atoms with E-state index >= 15 is 0 Å². The largest absolute Gasteiger partial charge is 0.462 e. The maximum atomic E-state index is 13.3. The van der Waals surface area contributed by atoms with Crippen molar-refractivity contribution in [3.63, 3.8) is 0 Å². The molecule has 4 N–H and O–H groups in total. The first-order chi connectivity index (χ1) is 27.5. The number of anilines is 2. The average molecular weight is 777 g/mol. The fraction of sp³-hybridized carbons (Fsp3) is 0.720. The maximum Gasteiger partial charge on any atom is 0.338 e.